The lowest BCUT2D eigenvalue weighted by Gasteiger charge is -2.13. The summed E-state index contributed by atoms with van der Waals surface area (Å²) in [4.78, 5) is 38.3. The van der Waals surface area contributed by atoms with E-state index in [4.69, 9.17) is 14.2 Å². The summed E-state index contributed by atoms with van der Waals surface area (Å²) in [5, 5.41) is 5.14. The van der Waals surface area contributed by atoms with Gasteiger partial charge in [-0.05, 0) is 58.8 Å². The maximum absolute atomic E-state index is 12.7. The highest BCUT2D eigenvalue weighted by molar-refractivity contribution is 9.10. The minimum Gasteiger partial charge on any atom is -0.495 e. The summed E-state index contributed by atoms with van der Waals surface area (Å²) in [6.45, 7) is 1.86. The van der Waals surface area contributed by atoms with Crippen LogP contribution in [-0.4, -0.2) is 50.1 Å². The fourth-order valence-electron chi connectivity index (χ4n) is 3.07. The Morgan fingerprint density at radius 2 is 1.88 bits per heavy atom. The molecule has 1 saturated heterocycles. The second-order valence-corrected chi connectivity index (χ2v) is 7.45. The van der Waals surface area contributed by atoms with E-state index in [9.17, 15) is 14.4 Å². The highest BCUT2D eigenvalue weighted by Gasteiger charge is 2.35. The number of nitrogens with one attached hydrogen (secondary N) is 2. The summed E-state index contributed by atoms with van der Waals surface area (Å²) < 4.78 is 16.7. The molecule has 9 nitrogen and oxygen atoms in total. The number of ether oxygens (including phenoxy) is 3. The summed E-state index contributed by atoms with van der Waals surface area (Å²) in [7, 11) is 2.99. The van der Waals surface area contributed by atoms with Crippen molar-refractivity contribution in [3.8, 4) is 17.2 Å². The van der Waals surface area contributed by atoms with Crippen LogP contribution >= 0.6 is 15.9 Å². The Kier molecular flexibility index (Phi) is 7.37. The van der Waals surface area contributed by atoms with Gasteiger partial charge in [0.15, 0.2) is 11.5 Å². The average Bonchev–Trinajstić information content (AvgIpc) is 3.03. The fourth-order valence-corrected chi connectivity index (χ4v) is 3.64. The van der Waals surface area contributed by atoms with Gasteiger partial charge in [-0.3, -0.25) is 9.59 Å². The van der Waals surface area contributed by atoms with E-state index in [1.165, 1.54) is 20.3 Å². The summed E-state index contributed by atoms with van der Waals surface area (Å²) in [5.41, 5.74) is 1.08. The molecule has 2 aromatic carbocycles. The van der Waals surface area contributed by atoms with Gasteiger partial charge >= 0.3 is 6.03 Å². The molecule has 168 valence electrons. The van der Waals surface area contributed by atoms with E-state index < -0.39 is 24.4 Å². The minimum absolute atomic E-state index is 0.0400. The molecule has 0 spiro atoms. The first kappa shape index (κ1) is 23.1. The molecule has 10 heteroatoms. The van der Waals surface area contributed by atoms with Crippen LogP contribution in [0.1, 0.15) is 12.5 Å². The molecule has 4 amide bonds. The van der Waals surface area contributed by atoms with Gasteiger partial charge in [0.05, 0.1) is 31.0 Å². The topological polar surface area (TPSA) is 106 Å². The number of hydrogen-bond acceptors (Lipinski definition) is 6. The van der Waals surface area contributed by atoms with Crippen LogP contribution in [0.15, 0.2) is 46.6 Å². The lowest BCUT2D eigenvalue weighted by Crippen LogP contribution is -2.38. The molecule has 0 aliphatic carbocycles. The number of imide groups is 1. The Hall–Kier alpha value is -3.53. The normalized spacial score (nSPS) is 14.4. The maximum Gasteiger partial charge on any atom is 0.329 e. The largest absolute Gasteiger partial charge is 0.495 e. The van der Waals surface area contributed by atoms with Gasteiger partial charge in [0.1, 0.15) is 18.0 Å². The van der Waals surface area contributed by atoms with Crippen LogP contribution < -0.4 is 24.8 Å². The number of amides is 4. The van der Waals surface area contributed by atoms with Crippen molar-refractivity contribution >= 4 is 45.5 Å². The lowest BCUT2D eigenvalue weighted by atomic mass is 10.1. The van der Waals surface area contributed by atoms with Crippen LogP contribution in [0, 0.1) is 0 Å². The molecule has 0 bridgehead atoms. The van der Waals surface area contributed by atoms with Crippen molar-refractivity contribution in [1.29, 1.82) is 0 Å². The number of nitrogens with zero attached hydrogens (tertiary/aromatic N) is 1. The second kappa shape index (κ2) is 10.2. The molecule has 2 N–H and O–H groups in total. The highest BCUT2D eigenvalue weighted by atomic mass is 79.9. The number of benzene rings is 2. The monoisotopic (exact) mass is 503 g/mol. The number of carbonyl (C=O) groups is 3. The van der Waals surface area contributed by atoms with E-state index >= 15 is 0 Å². The molecular formula is C22H22BrN3O6. The van der Waals surface area contributed by atoms with Crippen molar-refractivity contribution in [2.75, 3.05) is 32.7 Å². The predicted octanol–water partition coefficient (Wildman–Crippen LogP) is 3.40. The number of carbonyl (C=O) groups excluding carboxylic acids is 3. The third kappa shape index (κ3) is 5.02. The van der Waals surface area contributed by atoms with Crippen LogP contribution in [0.25, 0.3) is 6.08 Å². The first-order valence-corrected chi connectivity index (χ1v) is 10.4. The van der Waals surface area contributed by atoms with E-state index in [0.29, 0.717) is 39.6 Å². The molecule has 1 heterocycles. The molecular weight excluding hydrogens is 482 g/mol. The van der Waals surface area contributed by atoms with Crippen LogP contribution in [-0.2, 0) is 9.59 Å². The number of hydrogen-bond donors (Lipinski definition) is 2. The molecule has 0 atom stereocenters. The summed E-state index contributed by atoms with van der Waals surface area (Å²) >= 11 is 3.42. The maximum atomic E-state index is 12.7. The van der Waals surface area contributed by atoms with Crippen molar-refractivity contribution in [2.45, 2.75) is 6.92 Å². The van der Waals surface area contributed by atoms with E-state index in [1.807, 2.05) is 6.92 Å². The van der Waals surface area contributed by atoms with Crippen molar-refractivity contribution in [3.63, 3.8) is 0 Å². The molecule has 3 rings (SSSR count). The van der Waals surface area contributed by atoms with E-state index in [1.54, 1.807) is 36.4 Å². The molecule has 1 aliphatic heterocycles. The summed E-state index contributed by atoms with van der Waals surface area (Å²) in [6.07, 6.45) is 1.50. The number of anilines is 1. The molecule has 0 aromatic heterocycles. The van der Waals surface area contributed by atoms with E-state index in [-0.39, 0.29) is 5.70 Å². The Labute approximate surface area is 193 Å². The third-order valence-electron chi connectivity index (χ3n) is 4.50. The standard InChI is InChI=1S/C22H22BrN3O6/c1-4-32-20-14(23)9-13(11-18(20)31-3)10-16-21(28)26(22(29)25-16)12-19(27)24-15-7-5-6-8-17(15)30-2/h5-11H,4,12H2,1-3H3,(H,24,27)(H,25,29)/b16-10+. The van der Waals surface area contributed by atoms with Gasteiger partial charge < -0.3 is 24.8 Å². The van der Waals surface area contributed by atoms with Crippen molar-refractivity contribution < 1.29 is 28.6 Å². The van der Waals surface area contributed by atoms with Gasteiger partial charge in [-0.25, -0.2) is 9.69 Å². The van der Waals surface area contributed by atoms with Gasteiger partial charge in [0.2, 0.25) is 5.91 Å². The van der Waals surface area contributed by atoms with E-state index in [2.05, 4.69) is 26.6 Å². The zero-order valence-corrected chi connectivity index (χ0v) is 19.3. The number of para-hydroxylation sites is 2. The van der Waals surface area contributed by atoms with Crippen molar-refractivity contribution in [1.82, 2.24) is 10.2 Å². The Morgan fingerprint density at radius 3 is 2.56 bits per heavy atom. The van der Waals surface area contributed by atoms with E-state index in [0.717, 1.165) is 4.90 Å². The van der Waals surface area contributed by atoms with Gasteiger partial charge in [0, 0.05) is 0 Å². The Bertz CT molecular complexity index is 1090. The average molecular weight is 504 g/mol. The number of rotatable bonds is 8. The lowest BCUT2D eigenvalue weighted by molar-refractivity contribution is -0.127. The smallest absolute Gasteiger partial charge is 0.329 e. The molecule has 1 fully saturated rings. The summed E-state index contributed by atoms with van der Waals surface area (Å²) in [6, 6.07) is 9.57. The SMILES string of the molecule is CCOc1c(Br)cc(/C=C2/NC(=O)N(CC(=O)Nc3ccccc3OC)C2=O)cc1OC. The van der Waals surface area contributed by atoms with Crippen LogP contribution in [0.2, 0.25) is 0 Å². The van der Waals surface area contributed by atoms with Crippen LogP contribution in [0.4, 0.5) is 10.5 Å². The molecule has 0 saturated carbocycles. The number of halogens is 1. The first-order valence-electron chi connectivity index (χ1n) is 9.65. The first-order chi connectivity index (χ1) is 15.4. The Balaban J connectivity index is 1.76. The number of urea groups is 1. The Morgan fingerprint density at radius 1 is 1.16 bits per heavy atom. The summed E-state index contributed by atoms with van der Waals surface area (Å²) in [5.74, 6) is 0.319. The van der Waals surface area contributed by atoms with Gasteiger partial charge in [0.25, 0.3) is 5.91 Å². The number of methoxy groups -OCH3 is 2. The molecule has 32 heavy (non-hydrogen) atoms. The predicted molar refractivity (Wildman–Crippen MR) is 122 cm³/mol. The zero-order chi connectivity index (χ0) is 23.3. The van der Waals surface area contributed by atoms with Crippen LogP contribution in [0.5, 0.6) is 17.2 Å². The van der Waals surface area contributed by atoms with Gasteiger partial charge in [-0.15, -0.1) is 0 Å². The van der Waals surface area contributed by atoms with Gasteiger partial charge in [-0.1, -0.05) is 12.1 Å². The molecule has 0 radical (unpaired) electrons. The highest BCUT2D eigenvalue weighted by Crippen LogP contribution is 2.37. The quantitative estimate of drug-likeness (QED) is 0.422. The minimum atomic E-state index is -0.687. The molecule has 0 unspecified atom stereocenters. The second-order valence-electron chi connectivity index (χ2n) is 6.60. The fraction of sp³-hybridized carbons (Fsp3) is 0.227. The van der Waals surface area contributed by atoms with Crippen molar-refractivity contribution in [2.24, 2.45) is 0 Å². The van der Waals surface area contributed by atoms with Crippen LogP contribution in [0.3, 0.4) is 0 Å². The van der Waals surface area contributed by atoms with Crippen molar-refractivity contribution in [3.05, 3.63) is 52.1 Å². The third-order valence-corrected chi connectivity index (χ3v) is 5.09. The zero-order valence-electron chi connectivity index (χ0n) is 17.7. The van der Waals surface area contributed by atoms with Gasteiger partial charge in [-0.2, -0.15) is 0 Å². The molecule has 2 aromatic rings. The molecule has 1 aliphatic rings.